The quantitative estimate of drug-likeness (QED) is 0.259. The lowest BCUT2D eigenvalue weighted by Gasteiger charge is -2.11. The van der Waals surface area contributed by atoms with Crippen LogP contribution in [-0.4, -0.2) is 10.7 Å². The summed E-state index contributed by atoms with van der Waals surface area (Å²) in [5.74, 6) is 0. The minimum atomic E-state index is -0.526. The van der Waals surface area contributed by atoms with Gasteiger partial charge in [0.15, 0.2) is 0 Å². The summed E-state index contributed by atoms with van der Waals surface area (Å²) in [6.45, 7) is 5.66. The van der Waals surface area contributed by atoms with Crippen molar-refractivity contribution in [2.75, 3.05) is 0 Å². The maximum absolute atomic E-state index is 11.2. The number of unbranched alkanes of at least 4 members (excludes halogenated alkanes) is 13. The maximum atomic E-state index is 11.2. The van der Waals surface area contributed by atoms with E-state index in [1.807, 2.05) is 10.8 Å². The van der Waals surface area contributed by atoms with E-state index in [0.29, 0.717) is 6.54 Å². The zero-order valence-corrected chi connectivity index (χ0v) is 18.2. The molecule has 0 aliphatic heterocycles. The van der Waals surface area contributed by atoms with Crippen LogP contribution in [0.1, 0.15) is 104 Å². The van der Waals surface area contributed by atoms with Crippen molar-refractivity contribution in [1.82, 2.24) is 4.57 Å². The normalized spacial score (nSPS) is 12.1. The lowest BCUT2D eigenvalue weighted by Crippen LogP contribution is -2.32. The smallest absolute Gasteiger partial charge is 0.243 e. The van der Waals surface area contributed by atoms with Crippen LogP contribution in [0.15, 0.2) is 18.7 Å². The summed E-state index contributed by atoms with van der Waals surface area (Å²) < 4.78 is 4.21. The van der Waals surface area contributed by atoms with Crippen molar-refractivity contribution >= 4 is 12.4 Å². The molecule has 0 N–H and O–H groups in total. The van der Waals surface area contributed by atoms with E-state index in [4.69, 9.17) is 0 Å². The Morgan fingerprint density at radius 2 is 1.27 bits per heavy atom. The van der Waals surface area contributed by atoms with Crippen LogP contribution in [0.2, 0.25) is 0 Å². The molecule has 1 aromatic heterocycles. The summed E-state index contributed by atoms with van der Waals surface area (Å²) >= 11 is 0. The molecule has 3 nitrogen and oxygen atoms in total. The van der Waals surface area contributed by atoms with E-state index in [2.05, 4.69) is 24.0 Å². The van der Waals surface area contributed by atoms with Gasteiger partial charge in [-0.15, -0.1) is 12.4 Å². The second kappa shape index (κ2) is 17.9. The molecule has 0 bridgehead atoms. The predicted molar refractivity (Wildman–Crippen MR) is 112 cm³/mol. The molecule has 0 aromatic carbocycles. The van der Waals surface area contributed by atoms with Gasteiger partial charge in [-0.3, -0.25) is 0 Å². The predicted octanol–water partition coefficient (Wildman–Crippen LogP) is 5.43. The Morgan fingerprint density at radius 3 is 1.73 bits per heavy atom. The molecule has 0 aliphatic carbocycles. The Bertz CT molecular complexity index is 407. The molecule has 0 fully saturated rings. The summed E-state index contributed by atoms with van der Waals surface area (Å²) in [6, 6.07) is 0. The average Bonchev–Trinajstić information content (AvgIpc) is 3.01. The molecule has 4 heteroatoms. The molecule has 0 radical (unpaired) electrons. The van der Waals surface area contributed by atoms with Crippen LogP contribution in [0.3, 0.4) is 0 Å². The van der Waals surface area contributed by atoms with Crippen LogP contribution in [0.5, 0.6) is 0 Å². The molecule has 0 spiro atoms. The van der Waals surface area contributed by atoms with Crippen LogP contribution in [-0.2, 0) is 13.1 Å². The molecule has 0 amide bonds. The van der Waals surface area contributed by atoms with Crippen LogP contribution in [0.4, 0.5) is 0 Å². The van der Waals surface area contributed by atoms with Gasteiger partial charge < -0.3 is 5.11 Å². The number of aromatic nitrogens is 2. The molecule has 0 saturated heterocycles. The van der Waals surface area contributed by atoms with Crippen LogP contribution in [0, 0.1) is 0 Å². The largest absolute Gasteiger partial charge is 0.849 e. The van der Waals surface area contributed by atoms with Crippen molar-refractivity contribution < 1.29 is 9.67 Å². The second-order valence-corrected chi connectivity index (χ2v) is 7.76. The molecule has 0 saturated carbocycles. The van der Waals surface area contributed by atoms with Gasteiger partial charge in [-0.05, 0) is 12.8 Å². The molecule has 154 valence electrons. The first-order valence-corrected chi connectivity index (χ1v) is 10.9. The van der Waals surface area contributed by atoms with E-state index in [-0.39, 0.29) is 12.4 Å². The third-order valence-corrected chi connectivity index (χ3v) is 4.98. The van der Waals surface area contributed by atoms with E-state index in [9.17, 15) is 5.11 Å². The van der Waals surface area contributed by atoms with Crippen molar-refractivity contribution in [2.45, 2.75) is 123 Å². The number of hydrogen-bond acceptors (Lipinski definition) is 1. The first kappa shape index (κ1) is 25.5. The zero-order chi connectivity index (χ0) is 18.2. The Labute approximate surface area is 168 Å². The minimum Gasteiger partial charge on any atom is -0.849 e. The molecule has 26 heavy (non-hydrogen) atoms. The van der Waals surface area contributed by atoms with Crippen molar-refractivity contribution in [3.05, 3.63) is 18.7 Å². The molecular formula is C22H43ClN2O. The van der Waals surface area contributed by atoms with Gasteiger partial charge >= 0.3 is 0 Å². The molecule has 1 unspecified atom stereocenters. The molecule has 0 aliphatic rings. The molecule has 1 rings (SSSR count). The highest BCUT2D eigenvalue weighted by atomic mass is 35.5. The highest BCUT2D eigenvalue weighted by molar-refractivity contribution is 5.85. The summed E-state index contributed by atoms with van der Waals surface area (Å²) in [7, 11) is 0. The SMILES string of the molecule is CCCCCCCCCCCCCCCC[n+]1ccn(CC(C)[O-])c1.Cl. The fourth-order valence-electron chi connectivity index (χ4n) is 3.46. The second-order valence-electron chi connectivity index (χ2n) is 7.76. The lowest BCUT2D eigenvalue weighted by atomic mass is 10.0. The van der Waals surface area contributed by atoms with E-state index in [1.165, 1.54) is 89.9 Å². The van der Waals surface area contributed by atoms with Gasteiger partial charge in [0.2, 0.25) is 6.33 Å². The number of hydrogen-bond donors (Lipinski definition) is 0. The monoisotopic (exact) mass is 386 g/mol. The lowest BCUT2D eigenvalue weighted by molar-refractivity contribution is -0.697. The van der Waals surface area contributed by atoms with Gasteiger partial charge in [-0.1, -0.05) is 97.0 Å². The Morgan fingerprint density at radius 1 is 0.808 bits per heavy atom. The average molecular weight is 387 g/mol. The Balaban J connectivity index is 0.00000625. The third-order valence-electron chi connectivity index (χ3n) is 4.98. The third kappa shape index (κ3) is 14.6. The number of nitrogens with zero attached hydrogens (tertiary/aromatic N) is 2. The van der Waals surface area contributed by atoms with Crippen molar-refractivity contribution in [3.8, 4) is 0 Å². The van der Waals surface area contributed by atoms with E-state index >= 15 is 0 Å². The minimum absolute atomic E-state index is 0. The van der Waals surface area contributed by atoms with Crippen molar-refractivity contribution in [3.63, 3.8) is 0 Å². The zero-order valence-electron chi connectivity index (χ0n) is 17.3. The van der Waals surface area contributed by atoms with Crippen LogP contribution in [0.25, 0.3) is 0 Å². The van der Waals surface area contributed by atoms with Gasteiger partial charge in [0, 0.05) is 0 Å². The Kier molecular flexibility index (Phi) is 17.5. The van der Waals surface area contributed by atoms with Crippen molar-refractivity contribution in [1.29, 1.82) is 0 Å². The van der Waals surface area contributed by atoms with E-state index < -0.39 is 6.10 Å². The fraction of sp³-hybridized carbons (Fsp3) is 0.864. The topological polar surface area (TPSA) is 31.9 Å². The number of halogens is 1. The van der Waals surface area contributed by atoms with Gasteiger partial charge in [0.05, 0.1) is 13.1 Å². The summed E-state index contributed by atoms with van der Waals surface area (Å²) in [6.07, 6.45) is 25.3. The number of aryl methyl sites for hydroxylation is 1. The highest BCUT2D eigenvalue weighted by Gasteiger charge is 2.03. The fourth-order valence-corrected chi connectivity index (χ4v) is 3.46. The van der Waals surface area contributed by atoms with E-state index in [0.717, 1.165) is 6.54 Å². The summed E-state index contributed by atoms with van der Waals surface area (Å²) in [4.78, 5) is 0. The van der Waals surface area contributed by atoms with Crippen molar-refractivity contribution in [2.24, 2.45) is 0 Å². The van der Waals surface area contributed by atoms with Gasteiger partial charge in [-0.25, -0.2) is 9.13 Å². The maximum Gasteiger partial charge on any atom is 0.243 e. The number of imidazole rings is 1. The summed E-state index contributed by atoms with van der Waals surface area (Å²) in [5, 5.41) is 11.2. The Hall–Kier alpha value is -0.540. The van der Waals surface area contributed by atoms with Crippen LogP contribution >= 0.6 is 12.4 Å². The summed E-state index contributed by atoms with van der Waals surface area (Å²) in [5.41, 5.74) is 0. The molecular weight excluding hydrogens is 344 g/mol. The first-order chi connectivity index (χ1) is 12.2. The van der Waals surface area contributed by atoms with Gasteiger partial charge in [0.25, 0.3) is 0 Å². The van der Waals surface area contributed by atoms with Gasteiger partial charge in [0.1, 0.15) is 12.4 Å². The highest BCUT2D eigenvalue weighted by Crippen LogP contribution is 2.12. The standard InChI is InChI=1S/C22H42N2O.ClH/c1-3-4-5-6-7-8-9-10-11-12-13-14-15-16-17-23-18-19-24(21-23)20-22(2)25;/h18-19,21-22H,3-17,20H2,1-2H3;1H. The van der Waals surface area contributed by atoms with Gasteiger partial charge in [-0.2, -0.15) is 0 Å². The molecule has 1 atom stereocenters. The first-order valence-electron chi connectivity index (χ1n) is 10.9. The van der Waals surface area contributed by atoms with E-state index in [1.54, 1.807) is 6.92 Å². The number of rotatable bonds is 17. The molecule has 1 heterocycles. The van der Waals surface area contributed by atoms with Crippen LogP contribution < -0.4 is 9.67 Å². The molecule has 1 aromatic rings.